The van der Waals surface area contributed by atoms with Crippen LogP contribution in [0.2, 0.25) is 0 Å². The first-order valence-corrected chi connectivity index (χ1v) is 44.2. The molecule has 0 saturated carbocycles. The molecule has 0 bridgehead atoms. The highest BCUT2D eigenvalue weighted by Crippen LogP contribution is 2.45. The molecule has 0 aliphatic carbocycles. The summed E-state index contributed by atoms with van der Waals surface area (Å²) in [4.78, 5) is 72.6. The smallest absolute Gasteiger partial charge is 0.462 e. The number of hydrogen-bond acceptors (Lipinski definition) is 15. The second kappa shape index (κ2) is 72.0. The van der Waals surface area contributed by atoms with Crippen molar-refractivity contribution in [3.05, 3.63) is 0 Å². The van der Waals surface area contributed by atoms with Crippen molar-refractivity contribution in [2.75, 3.05) is 39.6 Å². The summed E-state index contributed by atoms with van der Waals surface area (Å²) in [7, 11) is -9.90. The minimum absolute atomic E-state index is 0.105. The van der Waals surface area contributed by atoms with E-state index < -0.39 is 97.5 Å². The van der Waals surface area contributed by atoms with E-state index in [1.54, 1.807) is 0 Å². The van der Waals surface area contributed by atoms with E-state index in [0.29, 0.717) is 25.7 Å². The number of phosphoric ester groups is 2. The molecule has 98 heavy (non-hydrogen) atoms. The highest BCUT2D eigenvalue weighted by Gasteiger charge is 2.30. The lowest BCUT2D eigenvalue weighted by molar-refractivity contribution is -0.161. The predicted molar refractivity (Wildman–Crippen MR) is 400 cm³/mol. The van der Waals surface area contributed by atoms with Gasteiger partial charge < -0.3 is 33.8 Å². The molecule has 0 radical (unpaired) electrons. The highest BCUT2D eigenvalue weighted by atomic mass is 31.2. The molecule has 6 atom stereocenters. The molecule has 0 heterocycles. The molecular formula is C79H154O17P2. The van der Waals surface area contributed by atoms with Crippen LogP contribution in [0.4, 0.5) is 0 Å². The fourth-order valence-electron chi connectivity index (χ4n) is 12.2. The maximum absolute atomic E-state index is 13.1. The third-order valence-electron chi connectivity index (χ3n) is 18.9. The lowest BCUT2D eigenvalue weighted by Gasteiger charge is -2.21. The molecule has 3 unspecified atom stereocenters. The van der Waals surface area contributed by atoms with E-state index in [1.165, 1.54) is 225 Å². The second-order valence-electron chi connectivity index (χ2n) is 28.7. The average molecular weight is 1440 g/mol. The monoisotopic (exact) mass is 1440 g/mol. The van der Waals surface area contributed by atoms with Crippen LogP contribution >= 0.6 is 15.6 Å². The van der Waals surface area contributed by atoms with Crippen molar-refractivity contribution in [1.82, 2.24) is 0 Å². The van der Waals surface area contributed by atoms with Crippen molar-refractivity contribution in [3.8, 4) is 0 Å². The maximum atomic E-state index is 13.1. The van der Waals surface area contributed by atoms with Crippen LogP contribution in [0.5, 0.6) is 0 Å². The van der Waals surface area contributed by atoms with Gasteiger partial charge in [-0.15, -0.1) is 0 Å². The molecule has 0 aliphatic rings. The van der Waals surface area contributed by atoms with E-state index in [0.717, 1.165) is 115 Å². The van der Waals surface area contributed by atoms with Gasteiger partial charge in [-0.05, 0) is 31.6 Å². The summed E-state index contributed by atoms with van der Waals surface area (Å²) >= 11 is 0. The van der Waals surface area contributed by atoms with Crippen molar-refractivity contribution < 1.29 is 80.2 Å². The fourth-order valence-corrected chi connectivity index (χ4v) is 13.8. The number of ether oxygens (including phenoxy) is 4. The van der Waals surface area contributed by atoms with E-state index in [-0.39, 0.29) is 25.7 Å². The molecule has 0 amide bonds. The number of unbranched alkanes of at least 4 members (excludes halogenated alkanes) is 50. The third kappa shape index (κ3) is 71.1. The Hall–Kier alpha value is -1.94. The molecule has 19 heteroatoms. The van der Waals surface area contributed by atoms with Crippen LogP contribution in [0.25, 0.3) is 0 Å². The van der Waals surface area contributed by atoms with Crippen LogP contribution in [0.15, 0.2) is 0 Å². The first-order chi connectivity index (χ1) is 47.6. The molecule has 0 saturated heterocycles. The summed E-state index contributed by atoms with van der Waals surface area (Å²) in [5.41, 5.74) is 0. The fraction of sp³-hybridized carbons (Fsp3) is 0.949. The van der Waals surface area contributed by atoms with E-state index in [1.807, 2.05) is 0 Å². The molecule has 3 N–H and O–H groups in total. The van der Waals surface area contributed by atoms with Gasteiger partial charge in [-0.2, -0.15) is 0 Å². The Bertz CT molecular complexity index is 1880. The highest BCUT2D eigenvalue weighted by molar-refractivity contribution is 7.47. The average Bonchev–Trinajstić information content (AvgIpc) is 1.04. The molecular weight excluding hydrogens is 1280 g/mol. The molecule has 0 aromatic heterocycles. The number of aliphatic hydroxyl groups is 1. The van der Waals surface area contributed by atoms with E-state index in [9.17, 15) is 43.2 Å². The van der Waals surface area contributed by atoms with Gasteiger partial charge in [-0.3, -0.25) is 37.3 Å². The van der Waals surface area contributed by atoms with Gasteiger partial charge in [0.15, 0.2) is 12.2 Å². The summed E-state index contributed by atoms with van der Waals surface area (Å²) in [6, 6.07) is 0. The lowest BCUT2D eigenvalue weighted by atomic mass is 9.99. The Balaban J connectivity index is 5.09. The standard InChI is InChI=1S/C79H154O17P2/c1-6-10-13-16-19-21-22-23-24-25-26-27-28-32-35-38-41-44-49-53-58-63-77(82)90-69-75(96-79(84)65-60-55-50-45-42-39-36-33-30-29-31-34-37-40-43-47-51-56-61-72(5)9-4)71-94-98(87,88)92-67-73(80)66-91-97(85,86)93-70-74(68-89-76(81)62-57-52-46-18-15-12-8-3)95-78(83)64-59-54-48-20-17-14-11-7-2/h72-75,80H,6-71H2,1-5H3,(H,85,86)(H,87,88)/t72?,73-,74+,75+/m0/s1. The second-order valence-corrected chi connectivity index (χ2v) is 31.6. The Morgan fingerprint density at radius 3 is 0.724 bits per heavy atom. The van der Waals surface area contributed by atoms with E-state index in [4.69, 9.17) is 37.0 Å². The van der Waals surface area contributed by atoms with Crippen molar-refractivity contribution in [3.63, 3.8) is 0 Å². The topological polar surface area (TPSA) is 237 Å². The van der Waals surface area contributed by atoms with Crippen LogP contribution in [-0.4, -0.2) is 96.7 Å². The van der Waals surface area contributed by atoms with Gasteiger partial charge in [0, 0.05) is 25.7 Å². The summed E-state index contributed by atoms with van der Waals surface area (Å²) in [5, 5.41) is 10.6. The zero-order chi connectivity index (χ0) is 71.9. The predicted octanol–water partition coefficient (Wildman–Crippen LogP) is 23.6. The van der Waals surface area contributed by atoms with Crippen LogP contribution in [0.1, 0.15) is 420 Å². The molecule has 0 aliphatic heterocycles. The minimum atomic E-state index is -4.96. The first kappa shape index (κ1) is 96.1. The van der Waals surface area contributed by atoms with Crippen LogP contribution in [0.3, 0.4) is 0 Å². The molecule has 0 aromatic rings. The van der Waals surface area contributed by atoms with Gasteiger partial charge in [0.05, 0.1) is 26.4 Å². The van der Waals surface area contributed by atoms with Gasteiger partial charge >= 0.3 is 39.5 Å². The zero-order valence-corrected chi connectivity index (χ0v) is 65.7. The number of aliphatic hydroxyl groups excluding tert-OH is 1. The summed E-state index contributed by atoms with van der Waals surface area (Å²) in [6.07, 6.45) is 62.9. The van der Waals surface area contributed by atoms with Gasteiger partial charge in [0.1, 0.15) is 19.3 Å². The van der Waals surface area contributed by atoms with Crippen LogP contribution in [0, 0.1) is 5.92 Å². The lowest BCUT2D eigenvalue weighted by Crippen LogP contribution is -2.30. The number of carbonyl (C=O) groups excluding carboxylic acids is 4. The van der Waals surface area contributed by atoms with Crippen molar-refractivity contribution in [1.29, 1.82) is 0 Å². The molecule has 0 aromatic carbocycles. The Kier molecular flexibility index (Phi) is 70.6. The number of carbonyl (C=O) groups is 4. The molecule has 0 fully saturated rings. The number of rotatable bonds is 79. The summed E-state index contributed by atoms with van der Waals surface area (Å²) in [6.45, 7) is 7.30. The Labute approximate surface area is 600 Å². The Morgan fingerprint density at radius 1 is 0.286 bits per heavy atom. The zero-order valence-electron chi connectivity index (χ0n) is 63.9. The molecule has 0 rings (SSSR count). The molecule has 582 valence electrons. The normalized spacial score (nSPS) is 14.2. The van der Waals surface area contributed by atoms with Crippen LogP contribution < -0.4 is 0 Å². The van der Waals surface area contributed by atoms with E-state index >= 15 is 0 Å². The molecule has 17 nitrogen and oxygen atoms in total. The van der Waals surface area contributed by atoms with Crippen LogP contribution in [-0.2, 0) is 65.4 Å². The van der Waals surface area contributed by atoms with Crippen molar-refractivity contribution >= 4 is 39.5 Å². The maximum Gasteiger partial charge on any atom is 0.472 e. The van der Waals surface area contributed by atoms with Crippen molar-refractivity contribution in [2.24, 2.45) is 5.92 Å². The Morgan fingerprint density at radius 2 is 0.490 bits per heavy atom. The van der Waals surface area contributed by atoms with Gasteiger partial charge in [-0.1, -0.05) is 369 Å². The summed E-state index contributed by atoms with van der Waals surface area (Å²) in [5.74, 6) is -1.25. The van der Waals surface area contributed by atoms with Crippen molar-refractivity contribution in [2.45, 2.75) is 438 Å². The number of phosphoric acid groups is 2. The number of hydrogen-bond donors (Lipinski definition) is 3. The molecule has 0 spiro atoms. The third-order valence-corrected chi connectivity index (χ3v) is 20.8. The minimum Gasteiger partial charge on any atom is -0.462 e. The van der Waals surface area contributed by atoms with Gasteiger partial charge in [0.2, 0.25) is 0 Å². The quantitative estimate of drug-likeness (QED) is 0.0222. The SMILES string of the molecule is CCCCCCCCCCCCCCCCCCCCCCCC(=O)OC[C@H](COP(=O)(O)OC[C@@H](O)COP(=O)(O)OC[C@@H](COC(=O)CCCCCCCCC)OC(=O)CCCCCCCCCC)OC(=O)CCCCCCCCCCCCCCCCCCCCC(C)CC. The first-order valence-electron chi connectivity index (χ1n) is 41.2. The number of esters is 4. The van der Waals surface area contributed by atoms with E-state index in [2.05, 4.69) is 34.6 Å². The van der Waals surface area contributed by atoms with Gasteiger partial charge in [0.25, 0.3) is 0 Å². The van der Waals surface area contributed by atoms with Gasteiger partial charge in [-0.25, -0.2) is 9.13 Å². The summed E-state index contributed by atoms with van der Waals surface area (Å²) < 4.78 is 68.3. The largest absolute Gasteiger partial charge is 0.472 e.